The number of nitrogens with one attached hydrogen (secondary N) is 1. The summed E-state index contributed by atoms with van der Waals surface area (Å²) < 4.78 is 36.6. The first kappa shape index (κ1) is 17.3. The van der Waals surface area contributed by atoms with E-state index < -0.39 is 37.1 Å². The SMILES string of the molecule is O=C(CN1CCCCCC1=O)NC(CC(F)(F)F)C(=O)O. The van der Waals surface area contributed by atoms with Gasteiger partial charge in [-0.15, -0.1) is 0 Å². The van der Waals surface area contributed by atoms with E-state index in [9.17, 15) is 27.6 Å². The summed E-state index contributed by atoms with van der Waals surface area (Å²) in [7, 11) is 0. The van der Waals surface area contributed by atoms with Crippen molar-refractivity contribution >= 4 is 17.8 Å². The molecule has 2 amide bonds. The Labute approximate surface area is 119 Å². The van der Waals surface area contributed by atoms with Gasteiger partial charge < -0.3 is 15.3 Å². The molecule has 21 heavy (non-hydrogen) atoms. The lowest BCUT2D eigenvalue weighted by Gasteiger charge is -2.22. The van der Waals surface area contributed by atoms with Crippen molar-refractivity contribution in [2.45, 2.75) is 44.3 Å². The minimum atomic E-state index is -4.70. The van der Waals surface area contributed by atoms with E-state index in [2.05, 4.69) is 0 Å². The molecule has 1 fully saturated rings. The predicted octanol–water partition coefficient (Wildman–Crippen LogP) is 0.911. The lowest BCUT2D eigenvalue weighted by Crippen LogP contribution is -2.48. The third kappa shape index (κ3) is 6.46. The van der Waals surface area contributed by atoms with Gasteiger partial charge in [-0.1, -0.05) is 6.42 Å². The van der Waals surface area contributed by atoms with Crippen LogP contribution in [-0.2, 0) is 14.4 Å². The van der Waals surface area contributed by atoms with Gasteiger partial charge in [-0.3, -0.25) is 9.59 Å². The molecule has 1 unspecified atom stereocenters. The van der Waals surface area contributed by atoms with Gasteiger partial charge in [-0.05, 0) is 12.8 Å². The number of likely N-dealkylation sites (tertiary alicyclic amines) is 1. The predicted molar refractivity (Wildman–Crippen MR) is 65.3 cm³/mol. The van der Waals surface area contributed by atoms with Gasteiger partial charge in [0, 0.05) is 13.0 Å². The van der Waals surface area contributed by atoms with Crippen LogP contribution < -0.4 is 5.32 Å². The summed E-state index contributed by atoms with van der Waals surface area (Å²) in [5.41, 5.74) is 0. The number of hydrogen-bond donors (Lipinski definition) is 2. The highest BCUT2D eigenvalue weighted by Crippen LogP contribution is 2.21. The topological polar surface area (TPSA) is 86.7 Å². The second-order valence-corrected chi connectivity index (χ2v) is 4.90. The first-order chi connectivity index (χ1) is 9.69. The van der Waals surface area contributed by atoms with Crippen LogP contribution in [0.15, 0.2) is 0 Å². The maximum Gasteiger partial charge on any atom is 0.391 e. The van der Waals surface area contributed by atoms with E-state index in [4.69, 9.17) is 5.11 Å². The fraction of sp³-hybridized carbons (Fsp3) is 0.750. The minimum absolute atomic E-state index is 0.245. The van der Waals surface area contributed by atoms with Gasteiger partial charge in [-0.2, -0.15) is 13.2 Å². The number of carboxylic acid groups (broad SMARTS) is 1. The molecule has 1 atom stereocenters. The van der Waals surface area contributed by atoms with E-state index in [1.54, 1.807) is 0 Å². The number of alkyl halides is 3. The van der Waals surface area contributed by atoms with Gasteiger partial charge in [0.15, 0.2) is 0 Å². The molecule has 1 aliphatic rings. The average Bonchev–Trinajstić information content (AvgIpc) is 2.52. The van der Waals surface area contributed by atoms with Crippen molar-refractivity contribution in [3.05, 3.63) is 0 Å². The molecule has 0 aliphatic carbocycles. The Balaban J connectivity index is 2.57. The zero-order chi connectivity index (χ0) is 16.0. The molecular weight excluding hydrogens is 293 g/mol. The van der Waals surface area contributed by atoms with Gasteiger partial charge in [0.1, 0.15) is 6.04 Å². The second kappa shape index (κ2) is 7.28. The Morgan fingerprint density at radius 1 is 1.29 bits per heavy atom. The largest absolute Gasteiger partial charge is 0.480 e. The van der Waals surface area contributed by atoms with E-state index in [1.165, 1.54) is 4.90 Å². The van der Waals surface area contributed by atoms with Crippen LogP contribution in [0.2, 0.25) is 0 Å². The van der Waals surface area contributed by atoms with E-state index >= 15 is 0 Å². The minimum Gasteiger partial charge on any atom is -0.480 e. The first-order valence-electron chi connectivity index (χ1n) is 6.56. The van der Waals surface area contributed by atoms with Crippen LogP contribution in [0.3, 0.4) is 0 Å². The molecule has 2 N–H and O–H groups in total. The van der Waals surface area contributed by atoms with Gasteiger partial charge in [0.25, 0.3) is 0 Å². The molecule has 0 aromatic heterocycles. The van der Waals surface area contributed by atoms with E-state index in [1.807, 2.05) is 5.32 Å². The highest BCUT2D eigenvalue weighted by atomic mass is 19.4. The number of carboxylic acids is 1. The number of rotatable bonds is 5. The molecule has 1 saturated heterocycles. The van der Waals surface area contributed by atoms with Gasteiger partial charge in [0.2, 0.25) is 11.8 Å². The molecule has 0 radical (unpaired) electrons. The van der Waals surface area contributed by atoms with Crippen LogP contribution in [-0.4, -0.2) is 53.1 Å². The standard InChI is InChI=1S/C12H17F3N2O4/c13-12(14,15)6-8(11(20)21)16-9(18)7-17-5-3-1-2-4-10(17)19/h8H,1-7H2,(H,16,18)(H,20,21). The number of halogens is 3. The van der Waals surface area contributed by atoms with Gasteiger partial charge in [-0.25, -0.2) is 4.79 Å². The molecule has 0 aromatic carbocycles. The molecule has 6 nitrogen and oxygen atoms in total. The van der Waals surface area contributed by atoms with Crippen molar-refractivity contribution in [3.8, 4) is 0 Å². The molecule has 0 saturated carbocycles. The monoisotopic (exact) mass is 310 g/mol. The number of nitrogens with zero attached hydrogens (tertiary/aromatic N) is 1. The molecule has 1 aliphatic heterocycles. The summed E-state index contributed by atoms with van der Waals surface area (Å²) in [6.45, 7) is -0.0657. The van der Waals surface area contributed by atoms with Crippen LogP contribution in [0.4, 0.5) is 13.2 Å². The highest BCUT2D eigenvalue weighted by Gasteiger charge is 2.36. The summed E-state index contributed by atoms with van der Waals surface area (Å²) in [4.78, 5) is 35.3. The second-order valence-electron chi connectivity index (χ2n) is 4.90. The van der Waals surface area contributed by atoms with E-state index in [-0.39, 0.29) is 12.3 Å². The summed E-state index contributed by atoms with van der Waals surface area (Å²) in [5.74, 6) is -2.91. The fourth-order valence-electron chi connectivity index (χ4n) is 2.05. The molecule has 120 valence electrons. The van der Waals surface area contributed by atoms with E-state index in [0.717, 1.165) is 6.42 Å². The van der Waals surface area contributed by atoms with Crippen LogP contribution in [0.25, 0.3) is 0 Å². The number of amides is 2. The van der Waals surface area contributed by atoms with Crippen LogP contribution >= 0.6 is 0 Å². The smallest absolute Gasteiger partial charge is 0.391 e. The van der Waals surface area contributed by atoms with Crippen LogP contribution in [0.1, 0.15) is 32.1 Å². The summed E-state index contributed by atoms with van der Waals surface area (Å²) in [5, 5.41) is 10.5. The quantitative estimate of drug-likeness (QED) is 0.790. The zero-order valence-corrected chi connectivity index (χ0v) is 11.3. The third-order valence-corrected chi connectivity index (χ3v) is 3.07. The number of carbonyl (C=O) groups excluding carboxylic acids is 2. The Morgan fingerprint density at radius 2 is 1.95 bits per heavy atom. The summed E-state index contributed by atoms with van der Waals surface area (Å²) in [6.07, 6.45) is -3.79. The number of carbonyl (C=O) groups is 3. The molecule has 1 rings (SSSR count). The first-order valence-corrected chi connectivity index (χ1v) is 6.56. The molecule has 0 spiro atoms. The van der Waals surface area contributed by atoms with Crippen molar-refractivity contribution in [2.75, 3.05) is 13.1 Å². The van der Waals surface area contributed by atoms with Crippen molar-refractivity contribution < 1.29 is 32.7 Å². The average molecular weight is 310 g/mol. The molecule has 9 heteroatoms. The molecular formula is C12H17F3N2O4. The summed E-state index contributed by atoms with van der Waals surface area (Å²) in [6, 6.07) is -2.04. The van der Waals surface area contributed by atoms with Crippen molar-refractivity contribution in [2.24, 2.45) is 0 Å². The van der Waals surface area contributed by atoms with Crippen LogP contribution in [0, 0.1) is 0 Å². The number of hydrogen-bond acceptors (Lipinski definition) is 3. The summed E-state index contributed by atoms with van der Waals surface area (Å²) >= 11 is 0. The third-order valence-electron chi connectivity index (χ3n) is 3.07. The van der Waals surface area contributed by atoms with Crippen molar-refractivity contribution in [3.63, 3.8) is 0 Å². The molecule has 1 heterocycles. The lowest BCUT2D eigenvalue weighted by atomic mass is 10.2. The Hall–Kier alpha value is -1.80. The van der Waals surface area contributed by atoms with Crippen molar-refractivity contribution in [1.29, 1.82) is 0 Å². The highest BCUT2D eigenvalue weighted by molar-refractivity contribution is 5.88. The Kier molecular flexibility index (Phi) is 5.98. The van der Waals surface area contributed by atoms with E-state index in [0.29, 0.717) is 19.4 Å². The number of aliphatic carboxylic acids is 1. The van der Waals surface area contributed by atoms with Gasteiger partial charge >= 0.3 is 12.1 Å². The van der Waals surface area contributed by atoms with Crippen LogP contribution in [0.5, 0.6) is 0 Å². The normalized spacial score (nSPS) is 18.0. The Morgan fingerprint density at radius 3 is 2.52 bits per heavy atom. The Bertz CT molecular complexity index is 412. The fourth-order valence-corrected chi connectivity index (χ4v) is 2.05. The molecule has 0 aromatic rings. The lowest BCUT2D eigenvalue weighted by molar-refractivity contribution is -0.160. The maximum absolute atomic E-state index is 12.2. The van der Waals surface area contributed by atoms with Gasteiger partial charge in [0.05, 0.1) is 13.0 Å². The zero-order valence-electron chi connectivity index (χ0n) is 11.3. The molecule has 0 bridgehead atoms. The van der Waals surface area contributed by atoms with Crippen molar-refractivity contribution in [1.82, 2.24) is 10.2 Å². The maximum atomic E-state index is 12.2.